The van der Waals surface area contributed by atoms with Crippen LogP contribution >= 0.6 is 0 Å². The number of hydroxylamine groups is 4. The number of carbonyl (C=O) groups excluding carboxylic acids is 6. The van der Waals surface area contributed by atoms with Crippen molar-refractivity contribution in [2.75, 3.05) is 40.8 Å². The zero-order valence-corrected chi connectivity index (χ0v) is 32.1. The molecule has 2 heterocycles. The van der Waals surface area contributed by atoms with Gasteiger partial charge in [0.25, 0.3) is 23.6 Å². The molecule has 2 rings (SSSR count). The number of nitrogens with one attached hydrogen (secondary N) is 3. The predicted octanol–water partition coefficient (Wildman–Crippen LogP) is 4.72. The number of aliphatic carboxylic acids is 1. The first-order valence-corrected chi connectivity index (χ1v) is 19.4. The molecular formula is C37H67N5O10. The van der Waals surface area contributed by atoms with E-state index in [-0.39, 0.29) is 38.5 Å². The van der Waals surface area contributed by atoms with Crippen molar-refractivity contribution in [3.05, 3.63) is 0 Å². The number of imide groups is 2. The molecule has 2 aliphatic rings. The SMILES string of the molecule is CNCCCC(=O)ON1C(=O)CCC1=O.CNCCCCCCCCCCC(=O)O.CNCCCCCCCCCCC(=O)ON1C(=O)CCC1=O. The first kappa shape index (κ1) is 48.6. The third kappa shape index (κ3) is 27.3. The average molecular weight is 742 g/mol. The van der Waals surface area contributed by atoms with E-state index in [0.29, 0.717) is 29.5 Å². The summed E-state index contributed by atoms with van der Waals surface area (Å²) in [5.41, 5.74) is 0. The second-order valence-electron chi connectivity index (χ2n) is 13.1. The zero-order valence-electron chi connectivity index (χ0n) is 32.1. The van der Waals surface area contributed by atoms with Gasteiger partial charge in [0.2, 0.25) is 0 Å². The fourth-order valence-corrected chi connectivity index (χ4v) is 5.29. The van der Waals surface area contributed by atoms with E-state index in [1.165, 1.54) is 70.6 Å². The fourth-order valence-electron chi connectivity index (χ4n) is 5.29. The Labute approximate surface area is 310 Å². The van der Waals surface area contributed by atoms with Gasteiger partial charge < -0.3 is 30.7 Å². The van der Waals surface area contributed by atoms with Crippen LogP contribution in [0, 0.1) is 0 Å². The molecule has 0 aromatic rings. The Morgan fingerprint density at radius 1 is 0.462 bits per heavy atom. The highest BCUT2D eigenvalue weighted by molar-refractivity contribution is 6.02. The fraction of sp³-hybridized carbons (Fsp3) is 0.811. The molecule has 0 aromatic heterocycles. The van der Waals surface area contributed by atoms with E-state index in [0.717, 1.165) is 45.2 Å². The van der Waals surface area contributed by atoms with Gasteiger partial charge in [-0.3, -0.25) is 24.0 Å². The molecule has 4 N–H and O–H groups in total. The highest BCUT2D eigenvalue weighted by Gasteiger charge is 2.33. The molecule has 0 unspecified atom stereocenters. The van der Waals surface area contributed by atoms with Crippen LogP contribution in [0.5, 0.6) is 0 Å². The van der Waals surface area contributed by atoms with Gasteiger partial charge in [-0.25, -0.2) is 9.59 Å². The largest absolute Gasteiger partial charge is 0.481 e. The van der Waals surface area contributed by atoms with Crippen molar-refractivity contribution < 1.29 is 48.3 Å². The molecule has 2 saturated heterocycles. The van der Waals surface area contributed by atoms with Crippen molar-refractivity contribution in [2.24, 2.45) is 0 Å². The van der Waals surface area contributed by atoms with Crippen LogP contribution in [0.15, 0.2) is 0 Å². The van der Waals surface area contributed by atoms with Crippen LogP contribution in [0.25, 0.3) is 0 Å². The monoisotopic (exact) mass is 741 g/mol. The lowest BCUT2D eigenvalue weighted by atomic mass is 10.1. The van der Waals surface area contributed by atoms with Crippen LogP contribution in [-0.4, -0.2) is 97.5 Å². The summed E-state index contributed by atoms with van der Waals surface area (Å²) in [6.07, 6.45) is 20.6. The number of unbranched alkanes of at least 4 members (excludes halogenated alkanes) is 14. The molecule has 0 atom stereocenters. The number of hydrogen-bond acceptors (Lipinski definition) is 12. The van der Waals surface area contributed by atoms with Gasteiger partial charge in [-0.05, 0) is 72.9 Å². The molecule has 0 spiro atoms. The van der Waals surface area contributed by atoms with E-state index in [2.05, 4.69) is 20.8 Å². The van der Waals surface area contributed by atoms with Gasteiger partial charge in [0.05, 0.1) is 0 Å². The minimum absolute atomic E-state index is 0.128. The summed E-state index contributed by atoms with van der Waals surface area (Å²) in [6, 6.07) is 0. The summed E-state index contributed by atoms with van der Waals surface area (Å²) in [5.74, 6) is -3.43. The Morgan fingerprint density at radius 3 is 1.06 bits per heavy atom. The lowest BCUT2D eigenvalue weighted by Crippen LogP contribution is -2.32. The maximum Gasteiger partial charge on any atom is 0.333 e. The summed E-state index contributed by atoms with van der Waals surface area (Å²) in [5, 5.41) is 18.8. The van der Waals surface area contributed by atoms with Crippen molar-refractivity contribution >= 4 is 41.5 Å². The summed E-state index contributed by atoms with van der Waals surface area (Å²) >= 11 is 0. The number of hydrogen-bond donors (Lipinski definition) is 4. The summed E-state index contributed by atoms with van der Waals surface area (Å²) in [6.45, 7) is 2.90. The maximum atomic E-state index is 11.6. The Balaban J connectivity index is 0.000000774. The first-order valence-electron chi connectivity index (χ1n) is 19.4. The van der Waals surface area contributed by atoms with Crippen molar-refractivity contribution in [1.82, 2.24) is 26.1 Å². The van der Waals surface area contributed by atoms with Gasteiger partial charge in [-0.2, -0.15) is 0 Å². The molecule has 4 amide bonds. The highest BCUT2D eigenvalue weighted by atomic mass is 16.7. The average Bonchev–Trinajstić information content (AvgIpc) is 3.60. The second kappa shape index (κ2) is 33.4. The Bertz CT molecular complexity index is 1010. The standard InChI is InChI=1S/C16H28N2O4.C12H25NO2.C9H14N2O4/c1-17-13-9-7-5-3-2-4-6-8-10-16(21)22-18-14(19)11-12-15(18)20;1-13-11-9-7-5-3-2-4-6-8-10-12(14)15;1-10-6-2-3-9(14)15-11-7(12)4-5-8(11)13/h17H,2-13H2,1H3;13H,2-11H2,1H3,(H,14,15);10H,2-6H2,1H3. The molecule has 15 nitrogen and oxygen atoms in total. The number of amides is 4. The van der Waals surface area contributed by atoms with E-state index in [4.69, 9.17) is 9.94 Å². The lowest BCUT2D eigenvalue weighted by molar-refractivity contribution is -0.197. The third-order valence-corrected chi connectivity index (χ3v) is 8.33. The van der Waals surface area contributed by atoms with E-state index < -0.39 is 41.5 Å². The van der Waals surface area contributed by atoms with Crippen LogP contribution in [0.3, 0.4) is 0 Å². The lowest BCUT2D eigenvalue weighted by Gasteiger charge is -2.12. The van der Waals surface area contributed by atoms with Crippen LogP contribution in [0.1, 0.15) is 154 Å². The van der Waals surface area contributed by atoms with Gasteiger partial charge in [-0.15, -0.1) is 10.1 Å². The van der Waals surface area contributed by atoms with E-state index in [1.807, 2.05) is 14.1 Å². The summed E-state index contributed by atoms with van der Waals surface area (Å²) < 4.78 is 0. The molecular weight excluding hydrogens is 674 g/mol. The molecule has 0 radical (unpaired) electrons. The molecule has 0 saturated carbocycles. The maximum absolute atomic E-state index is 11.6. The molecule has 52 heavy (non-hydrogen) atoms. The number of rotatable bonds is 28. The van der Waals surface area contributed by atoms with Gasteiger partial charge in [-0.1, -0.05) is 77.0 Å². The topological polar surface area (TPSA) is 201 Å². The minimum Gasteiger partial charge on any atom is -0.481 e. The number of nitrogens with zero attached hydrogens (tertiary/aromatic N) is 2. The van der Waals surface area contributed by atoms with E-state index in [9.17, 15) is 33.6 Å². The number of carboxylic acid groups (broad SMARTS) is 1. The number of carboxylic acids is 1. The third-order valence-electron chi connectivity index (χ3n) is 8.33. The minimum atomic E-state index is -0.665. The molecule has 0 bridgehead atoms. The quantitative estimate of drug-likeness (QED) is 0.0635. The van der Waals surface area contributed by atoms with Gasteiger partial charge in [0, 0.05) is 44.9 Å². The highest BCUT2D eigenvalue weighted by Crippen LogP contribution is 2.15. The summed E-state index contributed by atoms with van der Waals surface area (Å²) in [4.78, 5) is 87.1. The van der Waals surface area contributed by atoms with Crippen LogP contribution in [0.2, 0.25) is 0 Å². The van der Waals surface area contributed by atoms with E-state index >= 15 is 0 Å². The molecule has 2 aliphatic heterocycles. The predicted molar refractivity (Wildman–Crippen MR) is 196 cm³/mol. The molecule has 0 aliphatic carbocycles. The van der Waals surface area contributed by atoms with Crippen LogP contribution in [0.4, 0.5) is 0 Å². The molecule has 0 aromatic carbocycles. The van der Waals surface area contributed by atoms with Gasteiger partial charge in [0.1, 0.15) is 0 Å². The van der Waals surface area contributed by atoms with Crippen molar-refractivity contribution in [3.63, 3.8) is 0 Å². The van der Waals surface area contributed by atoms with Crippen molar-refractivity contribution in [1.29, 1.82) is 0 Å². The van der Waals surface area contributed by atoms with E-state index in [1.54, 1.807) is 7.05 Å². The second-order valence-corrected chi connectivity index (χ2v) is 13.1. The van der Waals surface area contributed by atoms with Crippen molar-refractivity contribution in [3.8, 4) is 0 Å². The first-order chi connectivity index (χ1) is 25.1. The van der Waals surface area contributed by atoms with Crippen LogP contribution < -0.4 is 16.0 Å². The molecule has 300 valence electrons. The van der Waals surface area contributed by atoms with Crippen molar-refractivity contribution in [2.45, 2.75) is 154 Å². The van der Waals surface area contributed by atoms with Crippen LogP contribution in [-0.2, 0) is 43.2 Å². The van der Waals surface area contributed by atoms with Gasteiger partial charge in [0.15, 0.2) is 0 Å². The smallest absolute Gasteiger partial charge is 0.333 e. The Kier molecular flexibility index (Phi) is 31.2. The Hall–Kier alpha value is -3.43. The Morgan fingerprint density at radius 2 is 0.731 bits per heavy atom. The van der Waals surface area contributed by atoms with Gasteiger partial charge >= 0.3 is 17.9 Å². The number of carbonyl (C=O) groups is 7. The zero-order chi connectivity index (χ0) is 38.8. The normalized spacial score (nSPS) is 13.8. The molecule has 2 fully saturated rings. The molecule has 15 heteroatoms. The summed E-state index contributed by atoms with van der Waals surface area (Å²) in [7, 11) is 5.74.